The fraction of sp³-hybridized carbons (Fsp3) is 0.528. The Morgan fingerprint density at radius 1 is 1.09 bits per heavy atom. The average Bonchev–Trinajstić information content (AvgIpc) is 3.47. The van der Waals surface area contributed by atoms with E-state index in [0.29, 0.717) is 54.6 Å². The van der Waals surface area contributed by atoms with Crippen molar-refractivity contribution in [3.63, 3.8) is 0 Å². The van der Waals surface area contributed by atoms with Crippen LogP contribution in [0.15, 0.2) is 35.4 Å². The van der Waals surface area contributed by atoms with Crippen LogP contribution in [-0.4, -0.2) is 90.2 Å². The minimum atomic E-state index is -1.73. The Morgan fingerprint density at radius 2 is 1.85 bits per heavy atom. The van der Waals surface area contributed by atoms with Gasteiger partial charge in [0.15, 0.2) is 5.78 Å². The number of fused-ring (bicyclic) bond motifs is 4. The van der Waals surface area contributed by atoms with Crippen molar-refractivity contribution >= 4 is 40.4 Å². The first kappa shape index (κ1) is 31.4. The normalized spacial score (nSPS) is 24.7. The number of alkyl carbamates (subject to hydrolysis) is 1. The average molecular weight is 643 g/mol. The molecule has 0 bridgehead atoms. The predicted octanol–water partition coefficient (Wildman–Crippen LogP) is 4.74. The van der Waals surface area contributed by atoms with E-state index in [1.165, 1.54) is 26.3 Å². The van der Waals surface area contributed by atoms with E-state index in [1.54, 1.807) is 13.0 Å². The number of hydrogen-bond acceptors (Lipinski definition) is 9. The standard InChI is InChI=1S/C36H42N4O7/c1-4-23-24-17-22(46-35(44)40-15-11-21(12-16-40)39-13-7-6-8-14-39)9-10-30(24)38-31-25(23)18-27-26(31)19-29-28(32(27)41)20-45-33(42)36(29,5-2)47-34(43)37-3/h9-10,17,19,21,27H,4-8,11-16,18,20H2,1-3H3,(H,37,43)/t27?,36-/m0/s1. The largest absolute Gasteiger partial charge is 0.457 e. The first-order chi connectivity index (χ1) is 22.8. The quantitative estimate of drug-likeness (QED) is 0.460. The molecule has 2 saturated heterocycles. The highest BCUT2D eigenvalue weighted by Crippen LogP contribution is 2.49. The number of piperidine rings is 2. The number of carbonyl (C=O) groups excluding carboxylic acids is 4. The fourth-order valence-corrected chi connectivity index (χ4v) is 8.19. The molecule has 4 heterocycles. The highest BCUT2D eigenvalue weighted by molar-refractivity contribution is 6.12. The molecule has 2 aromatic rings. The van der Waals surface area contributed by atoms with E-state index >= 15 is 0 Å². The minimum absolute atomic E-state index is 0.107. The number of likely N-dealkylation sites (tertiary alicyclic amines) is 2. The van der Waals surface area contributed by atoms with Crippen LogP contribution in [-0.2, 0) is 31.9 Å². The summed E-state index contributed by atoms with van der Waals surface area (Å²) in [5.41, 5.74) is 3.16. The number of amides is 2. The number of pyridine rings is 1. The number of benzene rings is 1. The summed E-state index contributed by atoms with van der Waals surface area (Å²) in [6.45, 7) is 7.32. The van der Waals surface area contributed by atoms with Crippen LogP contribution >= 0.6 is 0 Å². The summed E-state index contributed by atoms with van der Waals surface area (Å²) in [6.07, 6.45) is 7.73. The van der Waals surface area contributed by atoms with Crippen LogP contribution in [0.3, 0.4) is 0 Å². The number of hydrogen-bond donors (Lipinski definition) is 1. The highest BCUT2D eigenvalue weighted by atomic mass is 16.6. The smallest absolute Gasteiger partial charge is 0.415 e. The molecule has 3 aliphatic heterocycles. The summed E-state index contributed by atoms with van der Waals surface area (Å²) in [7, 11) is 1.41. The topological polar surface area (TPSA) is 127 Å². The Balaban J connectivity index is 1.16. The van der Waals surface area contributed by atoms with Crippen molar-refractivity contribution in [3.8, 4) is 5.75 Å². The minimum Gasteiger partial charge on any atom is -0.457 e. The Kier molecular flexibility index (Phi) is 8.28. The van der Waals surface area contributed by atoms with Gasteiger partial charge in [0, 0.05) is 42.7 Å². The molecule has 1 unspecified atom stereocenters. The zero-order valence-corrected chi connectivity index (χ0v) is 27.4. The summed E-state index contributed by atoms with van der Waals surface area (Å²) < 4.78 is 16.9. The maximum Gasteiger partial charge on any atom is 0.415 e. The molecular formula is C36H42N4O7. The van der Waals surface area contributed by atoms with Gasteiger partial charge >= 0.3 is 18.2 Å². The summed E-state index contributed by atoms with van der Waals surface area (Å²) in [4.78, 5) is 62.0. The summed E-state index contributed by atoms with van der Waals surface area (Å²) in [5, 5.41) is 3.28. The van der Waals surface area contributed by atoms with Gasteiger partial charge < -0.3 is 29.3 Å². The SMILES string of the molecule is CCc1c2c(nc3ccc(OC(=O)N4CCC(N5CCCCC5)CC4)cc13)C1=CC3=C(COC(=O)[C@@]3(CC)OC(=O)NC)C(=O)C1C2. The number of rotatable bonds is 5. The molecule has 11 heteroatoms. The summed E-state index contributed by atoms with van der Waals surface area (Å²) >= 11 is 0. The molecular weight excluding hydrogens is 600 g/mol. The van der Waals surface area contributed by atoms with Gasteiger partial charge in [0.1, 0.15) is 12.4 Å². The van der Waals surface area contributed by atoms with Crippen molar-refractivity contribution in [3.05, 3.63) is 52.2 Å². The van der Waals surface area contributed by atoms with E-state index in [-0.39, 0.29) is 24.9 Å². The number of nitrogens with zero attached hydrogens (tertiary/aromatic N) is 3. The molecule has 248 valence electrons. The number of esters is 1. The lowest BCUT2D eigenvalue weighted by molar-refractivity contribution is -0.163. The van der Waals surface area contributed by atoms with Crippen LogP contribution in [0, 0.1) is 5.92 Å². The van der Waals surface area contributed by atoms with Gasteiger partial charge in [-0.25, -0.2) is 19.4 Å². The molecule has 0 spiro atoms. The van der Waals surface area contributed by atoms with Crippen LogP contribution in [0.5, 0.6) is 5.75 Å². The van der Waals surface area contributed by atoms with Gasteiger partial charge in [-0.3, -0.25) is 4.79 Å². The third-order valence-electron chi connectivity index (χ3n) is 10.7. The van der Waals surface area contributed by atoms with E-state index < -0.39 is 23.6 Å². The molecule has 1 aromatic heterocycles. The third-order valence-corrected chi connectivity index (χ3v) is 10.7. The summed E-state index contributed by atoms with van der Waals surface area (Å²) in [5.74, 6) is -0.853. The molecule has 5 aliphatic rings. The van der Waals surface area contributed by atoms with Gasteiger partial charge in [-0.05, 0) is 99.0 Å². The molecule has 47 heavy (non-hydrogen) atoms. The number of cyclic esters (lactones) is 1. The van der Waals surface area contributed by atoms with Gasteiger partial charge in [-0.1, -0.05) is 20.3 Å². The zero-order valence-electron chi connectivity index (χ0n) is 27.4. The second-order valence-electron chi connectivity index (χ2n) is 13.1. The molecule has 0 radical (unpaired) electrons. The number of aryl methyl sites for hydroxylation is 1. The lowest BCUT2D eigenvalue weighted by Crippen LogP contribution is -2.52. The number of aromatic nitrogens is 1. The second-order valence-corrected chi connectivity index (χ2v) is 13.1. The van der Waals surface area contributed by atoms with Gasteiger partial charge in [0.25, 0.3) is 0 Å². The molecule has 2 aliphatic carbocycles. The van der Waals surface area contributed by atoms with Crippen molar-refractivity contribution in [2.24, 2.45) is 5.92 Å². The molecule has 2 fully saturated rings. The van der Waals surface area contributed by atoms with E-state index in [4.69, 9.17) is 19.2 Å². The lowest BCUT2D eigenvalue weighted by atomic mass is 9.75. The Labute approximate surface area is 274 Å². The van der Waals surface area contributed by atoms with Gasteiger partial charge in [0.05, 0.1) is 17.1 Å². The first-order valence-corrected chi connectivity index (χ1v) is 17.0. The van der Waals surface area contributed by atoms with E-state index in [9.17, 15) is 19.2 Å². The van der Waals surface area contributed by atoms with Crippen LogP contribution in [0.2, 0.25) is 0 Å². The van der Waals surface area contributed by atoms with E-state index in [2.05, 4.69) is 17.1 Å². The number of ketones is 1. The molecule has 11 nitrogen and oxygen atoms in total. The van der Waals surface area contributed by atoms with Crippen molar-refractivity contribution in [2.45, 2.75) is 76.9 Å². The number of allylic oxidation sites excluding steroid dienone is 1. The highest BCUT2D eigenvalue weighted by Gasteiger charge is 2.54. The molecule has 2 amide bonds. The van der Waals surface area contributed by atoms with E-state index in [0.717, 1.165) is 53.5 Å². The van der Waals surface area contributed by atoms with Gasteiger partial charge in [-0.15, -0.1) is 0 Å². The van der Waals surface area contributed by atoms with Crippen molar-refractivity contribution in [2.75, 3.05) is 39.8 Å². The van der Waals surface area contributed by atoms with Crippen LogP contribution in [0.25, 0.3) is 16.5 Å². The predicted molar refractivity (Wildman–Crippen MR) is 174 cm³/mol. The molecule has 1 aromatic carbocycles. The lowest BCUT2D eigenvalue weighted by Gasteiger charge is -2.39. The van der Waals surface area contributed by atoms with Gasteiger partial charge in [-0.2, -0.15) is 0 Å². The molecule has 1 N–H and O–H groups in total. The molecule has 0 saturated carbocycles. The monoisotopic (exact) mass is 642 g/mol. The number of nitrogens with one attached hydrogen (secondary N) is 1. The Bertz CT molecular complexity index is 1720. The van der Waals surface area contributed by atoms with Crippen molar-refractivity contribution in [1.29, 1.82) is 0 Å². The maximum atomic E-state index is 14.0. The van der Waals surface area contributed by atoms with Crippen molar-refractivity contribution in [1.82, 2.24) is 20.1 Å². The Morgan fingerprint density at radius 3 is 2.55 bits per heavy atom. The zero-order chi connectivity index (χ0) is 32.9. The summed E-state index contributed by atoms with van der Waals surface area (Å²) in [6, 6.07) is 6.05. The molecule has 2 atom stereocenters. The van der Waals surface area contributed by atoms with Crippen molar-refractivity contribution < 1.29 is 33.4 Å². The number of carbonyl (C=O) groups is 4. The van der Waals surface area contributed by atoms with E-state index in [1.807, 2.05) is 23.1 Å². The fourth-order valence-electron chi connectivity index (χ4n) is 8.19. The van der Waals surface area contributed by atoms with Crippen LogP contribution < -0.4 is 10.1 Å². The second kappa shape index (κ2) is 12.4. The van der Waals surface area contributed by atoms with Gasteiger partial charge in [0.2, 0.25) is 5.60 Å². The Hall–Kier alpha value is -4.25. The van der Waals surface area contributed by atoms with Crippen LogP contribution in [0.1, 0.15) is 69.2 Å². The van der Waals surface area contributed by atoms with Crippen LogP contribution in [0.4, 0.5) is 9.59 Å². The first-order valence-electron chi connectivity index (χ1n) is 17.0. The third kappa shape index (κ3) is 5.28. The number of ether oxygens (including phenoxy) is 3. The maximum absolute atomic E-state index is 14.0. The molecule has 7 rings (SSSR count). The number of Topliss-reactive ketones (excluding diaryl/α,β-unsaturated/α-hetero) is 1.